The van der Waals surface area contributed by atoms with Gasteiger partial charge in [0.05, 0.1) is 12.5 Å². The third-order valence-electron chi connectivity index (χ3n) is 5.06. The van der Waals surface area contributed by atoms with Crippen molar-refractivity contribution in [2.75, 3.05) is 18.0 Å². The molecule has 3 heterocycles. The van der Waals surface area contributed by atoms with Crippen molar-refractivity contribution in [1.29, 1.82) is 0 Å². The molecule has 0 spiro atoms. The molecule has 1 N–H and O–H groups in total. The molecular weight excluding hydrogens is 397 g/mol. The Balaban J connectivity index is 1.51. The molecule has 0 amide bonds. The summed E-state index contributed by atoms with van der Waals surface area (Å²) in [6, 6.07) is 1.04. The maximum atomic E-state index is 13.0. The highest BCUT2D eigenvalue weighted by Crippen LogP contribution is 2.37. The van der Waals surface area contributed by atoms with Crippen LogP contribution in [0.15, 0.2) is 29.9 Å². The topological polar surface area (TPSA) is 95.1 Å². The fourth-order valence-electron chi connectivity index (χ4n) is 3.55. The number of rotatable bonds is 5. The lowest BCUT2D eigenvalue weighted by Crippen LogP contribution is -2.48. The van der Waals surface area contributed by atoms with E-state index in [0.717, 1.165) is 25.2 Å². The number of hydrogen-bond donors (Lipinski definition) is 1. The van der Waals surface area contributed by atoms with Crippen molar-refractivity contribution in [3.63, 3.8) is 0 Å². The molecule has 1 saturated heterocycles. The summed E-state index contributed by atoms with van der Waals surface area (Å²) >= 11 is 0. The van der Waals surface area contributed by atoms with Crippen LogP contribution in [0.3, 0.4) is 0 Å². The number of hydrogen-bond acceptors (Lipinski definition) is 6. The van der Waals surface area contributed by atoms with E-state index in [4.69, 9.17) is 0 Å². The minimum absolute atomic E-state index is 0.0376. The highest BCUT2D eigenvalue weighted by atomic mass is 32.2. The van der Waals surface area contributed by atoms with E-state index in [1.165, 1.54) is 16.8 Å². The van der Waals surface area contributed by atoms with Gasteiger partial charge in [-0.1, -0.05) is 0 Å². The minimum atomic E-state index is -4.53. The zero-order valence-electron chi connectivity index (χ0n) is 14.8. The highest BCUT2D eigenvalue weighted by Gasteiger charge is 2.40. The van der Waals surface area contributed by atoms with Gasteiger partial charge in [0.15, 0.2) is 5.03 Å². The molecule has 0 atom stereocenters. The Morgan fingerprint density at radius 3 is 2.36 bits per heavy atom. The summed E-state index contributed by atoms with van der Waals surface area (Å²) in [6.07, 6.45) is 1.76. The van der Waals surface area contributed by atoms with E-state index in [2.05, 4.69) is 19.9 Å². The smallest absolute Gasteiger partial charge is 0.350 e. The van der Waals surface area contributed by atoms with Gasteiger partial charge in [-0.05, 0) is 25.7 Å². The lowest BCUT2D eigenvalue weighted by molar-refractivity contribution is -0.141. The lowest BCUT2D eigenvalue weighted by atomic mass is 10.0. The SMILES string of the molecule is O=S(=O)(c1cnc[nH]1)N1CCC(N(c2cc(C(F)(F)F)ncn2)C2CC2)CC1. The Labute approximate surface area is 159 Å². The molecule has 2 aromatic rings. The van der Waals surface area contributed by atoms with Crippen molar-refractivity contribution >= 4 is 15.8 Å². The Morgan fingerprint density at radius 2 is 1.79 bits per heavy atom. The summed E-state index contributed by atoms with van der Waals surface area (Å²) in [4.78, 5) is 15.7. The van der Waals surface area contributed by atoms with E-state index in [0.29, 0.717) is 12.8 Å². The molecule has 2 aliphatic rings. The summed E-state index contributed by atoms with van der Waals surface area (Å²) in [5.41, 5.74) is -0.970. The van der Waals surface area contributed by atoms with Crippen LogP contribution in [-0.2, 0) is 16.2 Å². The van der Waals surface area contributed by atoms with Gasteiger partial charge in [0.25, 0.3) is 10.0 Å². The third kappa shape index (κ3) is 3.70. The second kappa shape index (κ2) is 6.99. The summed E-state index contributed by atoms with van der Waals surface area (Å²) in [7, 11) is -3.64. The van der Waals surface area contributed by atoms with Crippen LogP contribution >= 0.6 is 0 Å². The van der Waals surface area contributed by atoms with Gasteiger partial charge in [-0.15, -0.1) is 0 Å². The number of sulfonamides is 1. The average Bonchev–Trinajstić information content (AvgIpc) is 3.32. The van der Waals surface area contributed by atoms with E-state index >= 15 is 0 Å². The van der Waals surface area contributed by atoms with Gasteiger partial charge >= 0.3 is 6.18 Å². The average molecular weight is 416 g/mol. The molecule has 8 nitrogen and oxygen atoms in total. The third-order valence-corrected chi connectivity index (χ3v) is 6.88. The normalized spacial score (nSPS) is 19.7. The molecule has 0 unspecified atom stereocenters. The summed E-state index contributed by atoms with van der Waals surface area (Å²) in [5, 5.41) is 0.0376. The standard InChI is InChI=1S/C16H19F3N6O2S/c17-16(18,19)13-7-14(22-10-21-13)25(11-1-2-11)12-3-5-24(6-4-12)28(26,27)15-8-20-9-23-15/h7-12H,1-6H2,(H,20,23). The summed E-state index contributed by atoms with van der Waals surface area (Å²) in [5.74, 6) is 0.250. The molecule has 1 aliphatic heterocycles. The molecule has 0 radical (unpaired) electrons. The molecule has 28 heavy (non-hydrogen) atoms. The molecule has 2 aromatic heterocycles. The van der Waals surface area contributed by atoms with Gasteiger partial charge < -0.3 is 9.88 Å². The van der Waals surface area contributed by atoms with Gasteiger partial charge in [-0.25, -0.2) is 23.4 Å². The number of nitrogens with zero attached hydrogens (tertiary/aromatic N) is 5. The van der Waals surface area contributed by atoms with Gasteiger partial charge in [0.1, 0.15) is 17.8 Å². The highest BCUT2D eigenvalue weighted by molar-refractivity contribution is 7.89. The van der Waals surface area contributed by atoms with Crippen LogP contribution in [0.1, 0.15) is 31.4 Å². The van der Waals surface area contributed by atoms with Gasteiger partial charge in [-0.2, -0.15) is 17.5 Å². The lowest BCUT2D eigenvalue weighted by Gasteiger charge is -2.38. The Morgan fingerprint density at radius 1 is 1.11 bits per heavy atom. The number of anilines is 1. The minimum Gasteiger partial charge on any atom is -0.350 e. The number of aromatic nitrogens is 4. The predicted molar refractivity (Wildman–Crippen MR) is 92.9 cm³/mol. The largest absolute Gasteiger partial charge is 0.433 e. The van der Waals surface area contributed by atoms with Crippen molar-refractivity contribution in [1.82, 2.24) is 24.2 Å². The van der Waals surface area contributed by atoms with Crippen LogP contribution in [0.4, 0.5) is 19.0 Å². The number of imidazole rings is 1. The second-order valence-corrected chi connectivity index (χ2v) is 8.86. The van der Waals surface area contributed by atoms with E-state index in [9.17, 15) is 21.6 Å². The molecule has 0 bridgehead atoms. The Hall–Kier alpha value is -2.21. The molecule has 0 aromatic carbocycles. The van der Waals surface area contributed by atoms with Crippen LogP contribution in [-0.4, -0.2) is 57.8 Å². The first-order valence-electron chi connectivity index (χ1n) is 8.93. The molecular formula is C16H19F3N6O2S. The van der Waals surface area contributed by atoms with Crippen LogP contribution in [0.5, 0.6) is 0 Å². The van der Waals surface area contributed by atoms with Gasteiger partial charge in [0, 0.05) is 31.2 Å². The Kier molecular flexibility index (Phi) is 4.78. The van der Waals surface area contributed by atoms with Crippen molar-refractivity contribution < 1.29 is 21.6 Å². The summed E-state index contributed by atoms with van der Waals surface area (Å²) in [6.45, 7) is 0.568. The van der Waals surface area contributed by atoms with Crippen molar-refractivity contribution in [2.24, 2.45) is 0 Å². The summed E-state index contributed by atoms with van der Waals surface area (Å²) < 4.78 is 65.6. The predicted octanol–water partition coefficient (Wildman–Crippen LogP) is 2.04. The molecule has 1 aliphatic carbocycles. The number of aromatic amines is 1. The van der Waals surface area contributed by atoms with Crippen molar-refractivity contribution in [3.05, 3.63) is 30.6 Å². The van der Waals surface area contributed by atoms with Crippen molar-refractivity contribution in [2.45, 2.75) is 49.0 Å². The number of H-pyrrole nitrogens is 1. The number of piperidine rings is 1. The molecule has 12 heteroatoms. The van der Waals surface area contributed by atoms with Crippen LogP contribution in [0.2, 0.25) is 0 Å². The molecule has 152 valence electrons. The van der Waals surface area contributed by atoms with Crippen LogP contribution < -0.4 is 4.90 Å². The maximum absolute atomic E-state index is 13.0. The number of halogens is 3. The molecule has 2 fully saturated rings. The van der Waals surface area contributed by atoms with E-state index < -0.39 is 21.9 Å². The monoisotopic (exact) mass is 416 g/mol. The zero-order chi connectivity index (χ0) is 19.9. The fourth-order valence-corrected chi connectivity index (χ4v) is 4.92. The number of nitrogens with one attached hydrogen (secondary N) is 1. The second-order valence-electron chi connectivity index (χ2n) is 6.95. The van der Waals surface area contributed by atoms with E-state index in [-0.39, 0.29) is 36.0 Å². The molecule has 1 saturated carbocycles. The van der Waals surface area contributed by atoms with E-state index in [1.807, 2.05) is 4.90 Å². The number of alkyl halides is 3. The van der Waals surface area contributed by atoms with Crippen LogP contribution in [0, 0.1) is 0 Å². The van der Waals surface area contributed by atoms with Crippen molar-refractivity contribution in [3.8, 4) is 0 Å². The quantitative estimate of drug-likeness (QED) is 0.802. The first-order valence-corrected chi connectivity index (χ1v) is 10.4. The zero-order valence-corrected chi connectivity index (χ0v) is 15.6. The molecule has 4 rings (SSSR count). The van der Waals surface area contributed by atoms with Crippen LogP contribution in [0.25, 0.3) is 0 Å². The first kappa shape index (κ1) is 19.1. The Bertz CT molecular complexity index is 922. The fraction of sp³-hybridized carbons (Fsp3) is 0.562. The van der Waals surface area contributed by atoms with Gasteiger partial charge in [0.2, 0.25) is 0 Å². The van der Waals surface area contributed by atoms with E-state index in [1.54, 1.807) is 0 Å². The maximum Gasteiger partial charge on any atom is 0.433 e. The van der Waals surface area contributed by atoms with Gasteiger partial charge in [-0.3, -0.25) is 0 Å². The first-order chi connectivity index (χ1) is 13.3.